The zero-order valence-corrected chi connectivity index (χ0v) is 78.5. The van der Waals surface area contributed by atoms with Crippen LogP contribution in [0.5, 0.6) is 40.2 Å². The molecule has 126 heavy (non-hydrogen) atoms. The second kappa shape index (κ2) is 46.2. The second-order valence-corrected chi connectivity index (χ2v) is 35.5. The summed E-state index contributed by atoms with van der Waals surface area (Å²) in [7, 11) is 0. The van der Waals surface area contributed by atoms with Gasteiger partial charge < -0.3 is 45.7 Å². The SMILES string of the molecule is Clc1c(Br)cnc2ccsc12.Nc1ccc(Oc2c(Br)cnc3ccsc23)c(F)c1.O=C(Cc1ccccc1)N=C=S.O=C(Cc1ccccc1)NC(=S)Nc1ccc(Oc2c(Br)cnc3ccsc23)c(F)c1.O=[N+]([O-])c1ccc(O)c(F)c1.O=[N+]([O-])c1ccc(Oc2c(Br)cnc3ccsc23)c(F)c1.O=c1c(Br)c[nH]c2ccsc12.O=c1cc[nH]c2ccsc12. The summed E-state index contributed by atoms with van der Waals surface area (Å²) in [6.45, 7) is 0. The number of benzene rings is 6. The summed E-state index contributed by atoms with van der Waals surface area (Å²) in [5.41, 5.74) is 12.7. The standard InChI is InChI=1S/C22H15BrFN3O2S2.C13H6BrFN2O3S.C13H8BrFN2OS.C9H7NOS.C7H3BrClNS.C7H4BrNOS.C7H5NOS.C6H4FNO3/c23-15-12-25-17-8-9-31-21(17)20(15)29-18-7-6-14(11-16(18)24)26-22(30)27-19(28)10-13-4-2-1-3-5-13;14-8-6-16-10-3-4-21-13(10)12(8)20-11-2-1-7(17(18)19)5-9(11)15;14-8-6-17-10-3-4-19-13(10)12(8)18-11-2-1-7(16)5-9(11)15;11-9(10-7-12)6-8-4-2-1-3-5-8;8-4-3-10-5-1-2-11-7(5)6(4)9;8-4-3-9-5-1-2-11-7(5)6(4)10;9-6-1-3-8-5-2-4-10-7(5)6;7-5-3-4(8(10)11)1-2-6(5)9/h1-9,11-12H,10H2,(H2,26,27,28,30);1-6H;1-6H,16H2;1-5H,6H2;1-3H;1-3H,(H,9,10);1-4H,(H,8,9);1-3,9H. The summed E-state index contributed by atoms with van der Waals surface area (Å²) in [5.74, 6) is -2.33. The fourth-order valence-electron chi connectivity index (χ4n) is 10.4. The molecule has 18 rings (SSSR count). The number of pyridine rings is 6. The van der Waals surface area contributed by atoms with E-state index < -0.39 is 38.9 Å². The van der Waals surface area contributed by atoms with E-state index in [2.05, 4.69) is 137 Å². The number of thiophene rings is 6. The maximum Gasteiger partial charge on any atom is 0.272 e. The predicted octanol–water partition coefficient (Wildman–Crippen LogP) is 26.5. The van der Waals surface area contributed by atoms with Crippen LogP contribution in [0, 0.1) is 43.5 Å². The van der Waals surface area contributed by atoms with E-state index in [1.54, 1.807) is 66.7 Å². The first-order valence-corrected chi connectivity index (χ1v) is 45.8. The van der Waals surface area contributed by atoms with E-state index in [-0.39, 0.29) is 62.8 Å². The molecule has 638 valence electrons. The van der Waals surface area contributed by atoms with Gasteiger partial charge in [0, 0.05) is 78.9 Å². The van der Waals surface area contributed by atoms with Crippen molar-refractivity contribution in [1.82, 2.24) is 35.2 Å². The lowest BCUT2D eigenvalue weighted by Crippen LogP contribution is -2.35. The molecule has 0 bridgehead atoms. The molecule has 0 unspecified atom stereocenters. The lowest BCUT2D eigenvalue weighted by molar-refractivity contribution is -0.385. The van der Waals surface area contributed by atoms with E-state index in [9.17, 15) is 57.0 Å². The van der Waals surface area contributed by atoms with Crippen LogP contribution in [-0.2, 0) is 22.4 Å². The number of anilines is 2. The molecule has 0 atom stereocenters. The fraction of sp³-hybridized carbons (Fsp3) is 0.0238. The van der Waals surface area contributed by atoms with E-state index in [1.165, 1.54) is 93.1 Å². The first kappa shape index (κ1) is 95.3. The van der Waals surface area contributed by atoms with Crippen molar-refractivity contribution in [2.45, 2.75) is 12.8 Å². The van der Waals surface area contributed by atoms with Gasteiger partial charge in [0.05, 0.1) is 129 Å². The number of ether oxygens (including phenoxy) is 3. The molecule has 7 N–H and O–H groups in total. The lowest BCUT2D eigenvalue weighted by atomic mass is 10.1. The van der Waals surface area contributed by atoms with Gasteiger partial charge in [0.15, 0.2) is 74.1 Å². The molecule has 0 aliphatic rings. The summed E-state index contributed by atoms with van der Waals surface area (Å²) in [5, 5.41) is 49.0. The Morgan fingerprint density at radius 2 is 0.952 bits per heavy atom. The molecule has 0 fully saturated rings. The Morgan fingerprint density at radius 1 is 0.524 bits per heavy atom. The zero-order valence-electron chi connectivity index (χ0n) is 63.3. The number of hydrogen-bond donors (Lipinski definition) is 6. The quantitative estimate of drug-likeness (QED) is 0.0156. The highest BCUT2D eigenvalue weighted by Gasteiger charge is 2.20. The fourth-order valence-corrected chi connectivity index (χ4v) is 18.3. The highest BCUT2D eigenvalue weighted by molar-refractivity contribution is 9.11. The number of nitro benzene ring substituents is 2. The number of non-ortho nitro benzene ring substituents is 2. The molecule has 0 saturated heterocycles. The van der Waals surface area contributed by atoms with Crippen LogP contribution in [0.4, 0.5) is 40.3 Å². The van der Waals surface area contributed by atoms with Crippen molar-refractivity contribution < 1.29 is 56.3 Å². The van der Waals surface area contributed by atoms with Gasteiger partial charge in [-0.1, -0.05) is 72.3 Å². The zero-order chi connectivity index (χ0) is 90.1. The highest BCUT2D eigenvalue weighted by Crippen LogP contribution is 2.43. The van der Waals surface area contributed by atoms with E-state index in [4.69, 9.17) is 48.9 Å². The molecule has 2 amide bonds. The summed E-state index contributed by atoms with van der Waals surface area (Å²) >= 11 is 40.9. The number of aliphatic imine (C=N–C) groups is 1. The number of H-pyrrole nitrogens is 2. The number of carbonyl (C=O) groups excluding carboxylic acids is 2. The van der Waals surface area contributed by atoms with Gasteiger partial charge in [-0.05, 0) is 220 Å². The van der Waals surface area contributed by atoms with Crippen molar-refractivity contribution in [3.8, 4) is 40.2 Å². The number of nitrogens with two attached hydrogens (primary N) is 1. The summed E-state index contributed by atoms with van der Waals surface area (Å²) in [6, 6.07) is 46.2. The van der Waals surface area contributed by atoms with Gasteiger partial charge >= 0.3 is 0 Å². The number of isothiocyanates is 1. The molecule has 12 aromatic heterocycles. The monoisotopic (exact) mass is 2180 g/mol. The number of phenols is 1. The number of thiocarbonyl (C=S) groups is 2. The van der Waals surface area contributed by atoms with Gasteiger partial charge in [0.25, 0.3) is 17.3 Å². The van der Waals surface area contributed by atoms with E-state index in [0.29, 0.717) is 59.0 Å². The number of nitrogens with zero attached hydrogens (tertiary/aromatic N) is 7. The van der Waals surface area contributed by atoms with E-state index in [1.807, 2.05) is 135 Å². The number of nitrogen functional groups attached to an aromatic ring is 1. The number of phenolic OH excluding ortho intramolecular Hbond substituents is 1. The minimum Gasteiger partial charge on any atom is -0.505 e. The third-order valence-electron chi connectivity index (χ3n) is 16.2. The molecular weight excluding hydrogens is 2140 g/mol. The van der Waals surface area contributed by atoms with E-state index in [0.717, 1.165) is 100 Å². The third-order valence-corrected chi connectivity index (χ3v) is 25.6. The van der Waals surface area contributed by atoms with Crippen molar-refractivity contribution in [2.75, 3.05) is 11.1 Å². The number of hydrogen-bond acceptors (Lipinski definition) is 25. The predicted molar refractivity (Wildman–Crippen MR) is 517 cm³/mol. The van der Waals surface area contributed by atoms with Crippen molar-refractivity contribution in [2.24, 2.45) is 4.99 Å². The first-order chi connectivity index (χ1) is 60.6. The summed E-state index contributed by atoms with van der Waals surface area (Å²) in [4.78, 5) is 90.9. The van der Waals surface area contributed by atoms with Crippen LogP contribution in [-0.4, -0.2) is 66.9 Å². The Kier molecular flexibility index (Phi) is 34.9. The molecule has 18 aromatic rings. The van der Waals surface area contributed by atoms with Crippen LogP contribution in [0.15, 0.2) is 282 Å². The maximum atomic E-state index is 14.7. The molecule has 0 aliphatic heterocycles. The number of halogens is 10. The number of rotatable bonds is 13. The highest BCUT2D eigenvalue weighted by atomic mass is 79.9. The molecule has 0 aliphatic carbocycles. The minimum absolute atomic E-state index is 0.0613. The average molecular weight is 2190 g/mol. The first-order valence-electron chi connectivity index (χ1n) is 35.4. The minimum atomic E-state index is -0.987. The van der Waals surface area contributed by atoms with E-state index >= 15 is 0 Å². The van der Waals surface area contributed by atoms with Crippen molar-refractivity contribution in [3.63, 3.8) is 0 Å². The third kappa shape index (κ3) is 26.4. The van der Waals surface area contributed by atoms with Crippen molar-refractivity contribution >= 4 is 290 Å². The molecule has 0 spiro atoms. The van der Waals surface area contributed by atoms with Gasteiger partial charge in [0.1, 0.15) is 0 Å². The summed E-state index contributed by atoms with van der Waals surface area (Å²) < 4.78 is 80.2. The number of aromatic nitrogens is 6. The topological polar surface area (TPSA) is 348 Å². The molecule has 12 heterocycles. The number of aromatic hydroxyl groups is 1. The average Bonchev–Trinajstić information content (AvgIpc) is 1.55. The lowest BCUT2D eigenvalue weighted by Gasteiger charge is -2.12. The Bertz CT molecular complexity index is 7180. The van der Waals surface area contributed by atoms with Crippen LogP contribution in [0.1, 0.15) is 11.1 Å². The smallest absolute Gasteiger partial charge is 0.272 e. The Hall–Kier alpha value is -11.4. The Labute approximate surface area is 790 Å². The normalized spacial score (nSPS) is 10.4. The van der Waals surface area contributed by atoms with Gasteiger partial charge in [-0.2, -0.15) is 4.99 Å². The Balaban J connectivity index is 0.000000145. The number of fused-ring (bicyclic) bond motifs is 6. The number of nitrogens with one attached hydrogen (secondary N) is 4. The summed E-state index contributed by atoms with van der Waals surface area (Å²) in [6.07, 6.45) is 10.4. The van der Waals surface area contributed by atoms with Crippen LogP contribution in [0.2, 0.25) is 5.02 Å². The van der Waals surface area contributed by atoms with Gasteiger partial charge in [0.2, 0.25) is 11.3 Å². The van der Waals surface area contributed by atoms with Crippen molar-refractivity contribution in [1.29, 1.82) is 0 Å². The molecule has 6 aromatic carbocycles. The van der Waals surface area contributed by atoms with Crippen LogP contribution in [0.3, 0.4) is 0 Å². The van der Waals surface area contributed by atoms with Crippen LogP contribution < -0.4 is 41.4 Å². The largest absolute Gasteiger partial charge is 0.505 e. The van der Waals surface area contributed by atoms with Gasteiger partial charge in [-0.15, -0.1) is 68.0 Å². The van der Waals surface area contributed by atoms with Crippen molar-refractivity contribution in [3.05, 3.63) is 348 Å². The van der Waals surface area contributed by atoms with Gasteiger partial charge in [-0.3, -0.25) is 59.3 Å². The molecule has 0 radical (unpaired) electrons. The van der Waals surface area contributed by atoms with Crippen LogP contribution >= 0.6 is 184 Å². The molecular formula is C84H52Br5ClF4N12O12S8. The van der Waals surface area contributed by atoms with Crippen LogP contribution in [0.25, 0.3) is 61.3 Å². The number of nitro groups is 2. The number of amides is 2. The van der Waals surface area contributed by atoms with Gasteiger partial charge in [-0.25, -0.2) is 17.6 Å². The molecule has 0 saturated carbocycles. The Morgan fingerprint density at radius 3 is 1.44 bits per heavy atom. The molecule has 42 heteroatoms. The number of carbonyl (C=O) groups is 2. The maximum absolute atomic E-state index is 14.7. The molecule has 24 nitrogen and oxygen atoms in total. The number of aromatic amines is 2. The second-order valence-electron chi connectivity index (χ2n) is 24.7.